The lowest BCUT2D eigenvalue weighted by Gasteiger charge is -2.13. The molecule has 0 saturated carbocycles. The monoisotopic (exact) mass is 438 g/mol. The quantitative estimate of drug-likeness (QED) is 0.373. The molecule has 166 valence electrons. The van der Waals surface area contributed by atoms with Crippen molar-refractivity contribution in [3.05, 3.63) is 58.2 Å². The van der Waals surface area contributed by atoms with E-state index in [0.29, 0.717) is 11.1 Å². The van der Waals surface area contributed by atoms with Gasteiger partial charge in [-0.15, -0.1) is 0 Å². The van der Waals surface area contributed by atoms with E-state index in [1.54, 1.807) is 25.1 Å². The summed E-state index contributed by atoms with van der Waals surface area (Å²) in [5, 5.41) is 7.61. The summed E-state index contributed by atoms with van der Waals surface area (Å²) in [6, 6.07) is 5.96. The topological polar surface area (TPSA) is 95.3 Å². The zero-order chi connectivity index (χ0) is 23.2. The van der Waals surface area contributed by atoms with Crippen molar-refractivity contribution in [1.82, 2.24) is 9.97 Å². The summed E-state index contributed by atoms with van der Waals surface area (Å²) in [5.74, 6) is -0.747. The number of carbonyl (C=O) groups excluding carboxylic acids is 1. The Balaban J connectivity index is 2.32. The van der Waals surface area contributed by atoms with Gasteiger partial charge in [0.15, 0.2) is 5.71 Å². The molecule has 0 bridgehead atoms. The number of nitrogens with zero attached hydrogens (tertiary/aromatic N) is 4. The highest BCUT2D eigenvalue weighted by molar-refractivity contribution is 6.43. The van der Waals surface area contributed by atoms with Crippen LogP contribution >= 0.6 is 0 Å². The second-order valence-electron chi connectivity index (χ2n) is 6.35. The van der Waals surface area contributed by atoms with Crippen LogP contribution in [0.5, 0.6) is 0 Å². The first-order valence-electron chi connectivity index (χ1n) is 8.96. The fourth-order valence-electron chi connectivity index (χ4n) is 2.64. The molecule has 0 radical (unpaired) electrons. The second kappa shape index (κ2) is 10.0. The van der Waals surface area contributed by atoms with Gasteiger partial charge in [0, 0.05) is 11.1 Å². The Morgan fingerprint density at radius 2 is 1.84 bits per heavy atom. The number of methoxy groups -OCH3 is 1. The number of oxime groups is 2. The fourth-order valence-corrected chi connectivity index (χ4v) is 2.64. The number of benzene rings is 1. The molecule has 0 N–H and O–H groups in total. The fraction of sp³-hybridized carbons (Fsp3) is 0.350. The van der Waals surface area contributed by atoms with Gasteiger partial charge in [0.2, 0.25) is 0 Å². The molecule has 0 aliphatic heterocycles. The van der Waals surface area contributed by atoms with Crippen molar-refractivity contribution in [2.45, 2.75) is 33.6 Å². The Morgan fingerprint density at radius 3 is 2.45 bits per heavy atom. The Hall–Kier alpha value is -3.50. The van der Waals surface area contributed by atoms with E-state index in [1.165, 1.54) is 28.1 Å². The van der Waals surface area contributed by atoms with Crippen LogP contribution in [0.1, 0.15) is 40.8 Å². The number of esters is 1. The van der Waals surface area contributed by atoms with E-state index in [9.17, 15) is 18.0 Å². The number of rotatable bonds is 7. The van der Waals surface area contributed by atoms with Gasteiger partial charge in [-0.2, -0.15) is 13.2 Å². The Labute approximate surface area is 176 Å². The molecule has 1 aromatic heterocycles. The van der Waals surface area contributed by atoms with Crippen LogP contribution in [-0.4, -0.2) is 41.6 Å². The maximum Gasteiger partial charge on any atom is 0.433 e. The molecule has 2 rings (SSSR count). The summed E-state index contributed by atoms with van der Waals surface area (Å²) in [6.45, 7) is 4.53. The maximum atomic E-state index is 13.0. The minimum atomic E-state index is -4.61. The van der Waals surface area contributed by atoms with Crippen LogP contribution in [0.3, 0.4) is 0 Å². The molecule has 0 aliphatic carbocycles. The van der Waals surface area contributed by atoms with Crippen LogP contribution in [-0.2, 0) is 32.0 Å². The summed E-state index contributed by atoms with van der Waals surface area (Å²) in [7, 11) is 2.51. The van der Waals surface area contributed by atoms with E-state index >= 15 is 0 Å². The van der Waals surface area contributed by atoms with Gasteiger partial charge in [0.1, 0.15) is 30.9 Å². The molecule has 0 aliphatic rings. The molecule has 0 atom stereocenters. The first kappa shape index (κ1) is 23.8. The first-order chi connectivity index (χ1) is 14.6. The van der Waals surface area contributed by atoms with Crippen molar-refractivity contribution in [2.75, 3.05) is 14.2 Å². The van der Waals surface area contributed by atoms with Crippen LogP contribution < -0.4 is 0 Å². The van der Waals surface area contributed by atoms with Gasteiger partial charge in [-0.3, -0.25) is 0 Å². The van der Waals surface area contributed by atoms with Gasteiger partial charge in [0.05, 0.1) is 12.8 Å². The van der Waals surface area contributed by atoms with Crippen molar-refractivity contribution in [2.24, 2.45) is 10.3 Å². The largest absolute Gasteiger partial charge is 0.464 e. The summed E-state index contributed by atoms with van der Waals surface area (Å²) < 4.78 is 43.7. The number of aryl methyl sites for hydroxylation is 2. The van der Waals surface area contributed by atoms with Crippen LogP contribution in [0, 0.1) is 13.8 Å². The normalized spacial score (nSPS) is 12.5. The van der Waals surface area contributed by atoms with Gasteiger partial charge < -0.3 is 14.4 Å². The highest BCUT2D eigenvalue weighted by Gasteiger charge is 2.33. The van der Waals surface area contributed by atoms with E-state index in [2.05, 4.69) is 20.3 Å². The highest BCUT2D eigenvalue weighted by atomic mass is 19.4. The predicted octanol–water partition coefficient (Wildman–Crippen LogP) is 3.58. The Morgan fingerprint density at radius 1 is 1.13 bits per heavy atom. The van der Waals surface area contributed by atoms with Crippen molar-refractivity contribution < 1.29 is 32.4 Å². The minimum absolute atomic E-state index is 0.0129. The summed E-state index contributed by atoms with van der Waals surface area (Å²) >= 11 is 0. The maximum absolute atomic E-state index is 13.0. The van der Waals surface area contributed by atoms with E-state index in [0.717, 1.165) is 11.6 Å². The van der Waals surface area contributed by atoms with Crippen molar-refractivity contribution in [3.8, 4) is 0 Å². The van der Waals surface area contributed by atoms with Crippen LogP contribution in [0.2, 0.25) is 0 Å². The molecule has 11 heteroatoms. The van der Waals surface area contributed by atoms with Crippen molar-refractivity contribution in [1.29, 1.82) is 0 Å². The predicted molar refractivity (Wildman–Crippen MR) is 106 cm³/mol. The number of halogens is 3. The standard InChI is InChI=1S/C20H21F3N4O4/c1-11-7-6-8-14(18(27-30-5)19(28)29-4)15(11)10-31-26-12(2)16-9-17(20(21,22)23)25-13(3)24-16/h6-9H,10H2,1-5H3/b26-12+,27-18+. The summed E-state index contributed by atoms with van der Waals surface area (Å²) in [6.07, 6.45) is -4.61. The number of hydrogen-bond donors (Lipinski definition) is 0. The first-order valence-corrected chi connectivity index (χ1v) is 8.96. The third-order valence-corrected chi connectivity index (χ3v) is 4.14. The molecule has 1 aromatic carbocycles. The lowest BCUT2D eigenvalue weighted by atomic mass is 9.99. The molecule has 8 nitrogen and oxygen atoms in total. The number of hydrogen-bond acceptors (Lipinski definition) is 8. The average Bonchev–Trinajstić information content (AvgIpc) is 2.71. The third kappa shape index (κ3) is 6.00. The van der Waals surface area contributed by atoms with Crippen molar-refractivity contribution in [3.63, 3.8) is 0 Å². The van der Waals surface area contributed by atoms with E-state index in [-0.39, 0.29) is 29.5 Å². The minimum Gasteiger partial charge on any atom is -0.464 e. The van der Waals surface area contributed by atoms with Crippen molar-refractivity contribution >= 4 is 17.4 Å². The molecule has 0 unspecified atom stereocenters. The molecular weight excluding hydrogens is 417 g/mol. The Kier molecular flexibility index (Phi) is 7.67. The summed E-state index contributed by atoms with van der Waals surface area (Å²) in [4.78, 5) is 29.5. The summed E-state index contributed by atoms with van der Waals surface area (Å²) in [5.41, 5.74) is 0.758. The van der Waals surface area contributed by atoms with E-state index in [1.807, 2.05) is 0 Å². The van der Waals surface area contributed by atoms with E-state index < -0.39 is 17.8 Å². The molecule has 0 amide bonds. The zero-order valence-electron chi connectivity index (χ0n) is 17.6. The molecule has 31 heavy (non-hydrogen) atoms. The third-order valence-electron chi connectivity index (χ3n) is 4.14. The molecule has 1 heterocycles. The lowest BCUT2D eigenvalue weighted by Crippen LogP contribution is -2.20. The van der Waals surface area contributed by atoms with Gasteiger partial charge >= 0.3 is 12.1 Å². The number of carbonyl (C=O) groups is 1. The smallest absolute Gasteiger partial charge is 0.433 e. The number of aromatic nitrogens is 2. The van der Waals surface area contributed by atoms with Gasteiger partial charge in [-0.1, -0.05) is 28.5 Å². The second-order valence-corrected chi connectivity index (χ2v) is 6.35. The SMILES string of the molecule is CO/N=C(/C(=O)OC)c1cccc(C)c1CO/N=C(\C)c1cc(C(F)(F)F)nc(C)n1. The van der Waals surface area contributed by atoms with Crippen LogP contribution in [0.4, 0.5) is 13.2 Å². The highest BCUT2D eigenvalue weighted by Crippen LogP contribution is 2.28. The molecule has 0 spiro atoms. The zero-order valence-corrected chi connectivity index (χ0v) is 17.6. The van der Waals surface area contributed by atoms with E-state index in [4.69, 9.17) is 14.4 Å². The molecule has 0 fully saturated rings. The molecule has 2 aromatic rings. The molecular formula is C20H21F3N4O4. The van der Waals surface area contributed by atoms with Gasteiger partial charge in [0.25, 0.3) is 0 Å². The van der Waals surface area contributed by atoms with Gasteiger partial charge in [-0.25, -0.2) is 14.8 Å². The van der Waals surface area contributed by atoms with Crippen LogP contribution in [0.25, 0.3) is 0 Å². The average molecular weight is 438 g/mol. The van der Waals surface area contributed by atoms with Crippen LogP contribution in [0.15, 0.2) is 34.6 Å². The number of ether oxygens (including phenoxy) is 1. The Bertz CT molecular complexity index is 1020. The molecule has 0 saturated heterocycles. The van der Waals surface area contributed by atoms with Gasteiger partial charge in [-0.05, 0) is 32.4 Å². The number of alkyl halides is 3. The lowest BCUT2D eigenvalue weighted by molar-refractivity contribution is -0.141.